The lowest BCUT2D eigenvalue weighted by atomic mass is 10.2. The summed E-state index contributed by atoms with van der Waals surface area (Å²) in [5, 5.41) is 10.3. The second-order valence-electron chi connectivity index (χ2n) is 2.94. The second kappa shape index (κ2) is 2.92. The van der Waals surface area contributed by atoms with Gasteiger partial charge in [-0.2, -0.15) is 5.10 Å². The maximum absolute atomic E-state index is 4.24. The predicted molar refractivity (Wildman–Crippen MR) is 56.0 cm³/mol. The Balaban J connectivity index is 2.33. The minimum Gasteiger partial charge on any atom is -0.277 e. The van der Waals surface area contributed by atoms with Gasteiger partial charge in [-0.1, -0.05) is 18.2 Å². The van der Waals surface area contributed by atoms with Crippen molar-refractivity contribution in [2.75, 3.05) is 0 Å². The zero-order valence-electron chi connectivity index (χ0n) is 7.19. The minimum atomic E-state index is 0.882. The van der Waals surface area contributed by atoms with Crippen LogP contribution in [0.4, 0.5) is 0 Å². The lowest BCUT2D eigenvalue weighted by molar-refractivity contribution is 1.11. The maximum atomic E-state index is 4.24. The molecule has 0 aliphatic carbocycles. The number of aromatic nitrogens is 3. The highest BCUT2D eigenvalue weighted by atomic mass is 32.1. The van der Waals surface area contributed by atoms with E-state index in [2.05, 4.69) is 20.7 Å². The van der Waals surface area contributed by atoms with E-state index in [-0.39, 0.29) is 0 Å². The highest BCUT2D eigenvalue weighted by molar-refractivity contribution is 7.07. The summed E-state index contributed by atoms with van der Waals surface area (Å²) in [4.78, 5) is 4.12. The van der Waals surface area contributed by atoms with Crippen LogP contribution in [0.15, 0.2) is 29.6 Å². The average Bonchev–Trinajstić information content (AvgIpc) is 2.85. The van der Waals surface area contributed by atoms with E-state index >= 15 is 0 Å². The lowest BCUT2D eigenvalue weighted by Crippen LogP contribution is -1.76. The number of rotatable bonds is 1. The van der Waals surface area contributed by atoms with Gasteiger partial charge in [0.2, 0.25) is 0 Å². The minimum absolute atomic E-state index is 0.882. The van der Waals surface area contributed by atoms with Crippen LogP contribution < -0.4 is 0 Å². The lowest BCUT2D eigenvalue weighted by Gasteiger charge is -1.89. The molecule has 1 radical (unpaired) electrons. The molecular weight excluding hydrogens is 194 g/mol. The maximum Gasteiger partial charge on any atom is 0.152 e. The average molecular weight is 200 g/mol. The van der Waals surface area contributed by atoms with Gasteiger partial charge in [-0.15, -0.1) is 11.3 Å². The van der Waals surface area contributed by atoms with Crippen molar-refractivity contribution in [3.8, 4) is 11.4 Å². The van der Waals surface area contributed by atoms with Crippen LogP contribution in [0, 0.1) is 5.51 Å². The fourth-order valence-corrected chi connectivity index (χ4v) is 1.93. The molecule has 3 aromatic rings. The first kappa shape index (κ1) is 7.70. The van der Waals surface area contributed by atoms with Crippen molar-refractivity contribution in [2.45, 2.75) is 0 Å². The Labute approximate surface area is 84.4 Å². The summed E-state index contributed by atoms with van der Waals surface area (Å²) in [5.41, 5.74) is 5.64. The van der Waals surface area contributed by atoms with Gasteiger partial charge in [-0.25, -0.2) is 4.98 Å². The first-order valence-corrected chi connectivity index (χ1v) is 5.08. The second-order valence-corrected chi connectivity index (χ2v) is 3.60. The smallest absolute Gasteiger partial charge is 0.152 e. The molecule has 0 bridgehead atoms. The molecular formula is C10H6N3S. The van der Waals surface area contributed by atoms with Gasteiger partial charge in [0.05, 0.1) is 5.52 Å². The van der Waals surface area contributed by atoms with Gasteiger partial charge in [0.1, 0.15) is 11.4 Å². The fourth-order valence-electron chi connectivity index (χ4n) is 1.45. The summed E-state index contributed by atoms with van der Waals surface area (Å²) in [6, 6.07) is 8.02. The number of aromatic amines is 1. The van der Waals surface area contributed by atoms with Gasteiger partial charge in [0, 0.05) is 10.8 Å². The van der Waals surface area contributed by atoms with Crippen molar-refractivity contribution in [2.24, 2.45) is 0 Å². The standard InChI is InChI=1S/C10H6N3S/c1-2-4-8-7(3-1)10(13-12-8)9-5-14-6-11-9/h1-5H,(H,12,13). The summed E-state index contributed by atoms with van der Waals surface area (Å²) in [6.45, 7) is 0. The third-order valence-electron chi connectivity index (χ3n) is 2.10. The van der Waals surface area contributed by atoms with Gasteiger partial charge < -0.3 is 0 Å². The van der Waals surface area contributed by atoms with Crippen LogP contribution in [-0.2, 0) is 0 Å². The Kier molecular flexibility index (Phi) is 1.61. The molecule has 0 amide bonds. The summed E-state index contributed by atoms with van der Waals surface area (Å²) < 4.78 is 0. The normalized spacial score (nSPS) is 10.9. The molecule has 0 fully saturated rings. The molecule has 0 saturated carbocycles. The number of nitrogens with one attached hydrogen (secondary N) is 1. The van der Waals surface area contributed by atoms with Gasteiger partial charge in [0.25, 0.3) is 0 Å². The number of benzene rings is 1. The molecule has 1 aromatic carbocycles. The molecule has 0 aliphatic heterocycles. The van der Waals surface area contributed by atoms with Crippen molar-refractivity contribution in [3.63, 3.8) is 0 Å². The molecule has 2 heterocycles. The largest absolute Gasteiger partial charge is 0.277 e. The number of H-pyrrole nitrogens is 1. The number of hydrogen-bond acceptors (Lipinski definition) is 3. The highest BCUT2D eigenvalue weighted by Crippen LogP contribution is 2.24. The van der Waals surface area contributed by atoms with E-state index in [1.54, 1.807) is 0 Å². The van der Waals surface area contributed by atoms with Gasteiger partial charge >= 0.3 is 0 Å². The Morgan fingerprint density at radius 3 is 3.07 bits per heavy atom. The molecule has 3 rings (SSSR count). The van der Waals surface area contributed by atoms with Crippen molar-refractivity contribution < 1.29 is 0 Å². The van der Waals surface area contributed by atoms with Crippen LogP contribution in [0.5, 0.6) is 0 Å². The molecule has 1 N–H and O–H groups in total. The molecule has 67 valence electrons. The predicted octanol–water partition coefficient (Wildman–Crippen LogP) is 2.49. The first-order chi connectivity index (χ1) is 6.95. The van der Waals surface area contributed by atoms with E-state index in [1.807, 2.05) is 29.6 Å². The van der Waals surface area contributed by atoms with Gasteiger partial charge in [-0.3, -0.25) is 5.10 Å². The van der Waals surface area contributed by atoms with Gasteiger partial charge in [0.15, 0.2) is 5.51 Å². The molecule has 0 aliphatic rings. The molecule has 0 atom stereocenters. The van der Waals surface area contributed by atoms with Crippen LogP contribution in [0.1, 0.15) is 0 Å². The third-order valence-corrected chi connectivity index (χ3v) is 2.64. The number of para-hydroxylation sites is 1. The van der Waals surface area contributed by atoms with E-state index in [0.29, 0.717) is 0 Å². The molecule has 4 heteroatoms. The number of thiazole rings is 1. The monoisotopic (exact) mass is 200 g/mol. The quantitative estimate of drug-likeness (QED) is 0.655. The molecule has 0 unspecified atom stereocenters. The van der Waals surface area contributed by atoms with Crippen molar-refractivity contribution >= 4 is 22.2 Å². The van der Waals surface area contributed by atoms with E-state index in [4.69, 9.17) is 0 Å². The SMILES string of the molecule is [c]1nc(-c2n[nH]c3ccccc23)cs1. The van der Waals surface area contributed by atoms with Crippen molar-refractivity contribution in [1.82, 2.24) is 15.2 Å². The Bertz CT molecular complexity index is 554. The molecule has 14 heavy (non-hydrogen) atoms. The topological polar surface area (TPSA) is 41.6 Å². The number of fused-ring (bicyclic) bond motifs is 1. The number of hydrogen-bond donors (Lipinski definition) is 1. The summed E-state index contributed by atoms with van der Waals surface area (Å²) in [7, 11) is 0. The van der Waals surface area contributed by atoms with E-state index < -0.39 is 0 Å². The van der Waals surface area contributed by atoms with E-state index in [9.17, 15) is 0 Å². The van der Waals surface area contributed by atoms with E-state index in [0.717, 1.165) is 22.3 Å². The highest BCUT2D eigenvalue weighted by Gasteiger charge is 2.08. The zero-order chi connectivity index (χ0) is 9.38. The molecule has 0 spiro atoms. The number of nitrogens with zero attached hydrogens (tertiary/aromatic N) is 2. The van der Waals surface area contributed by atoms with Crippen LogP contribution in [0.25, 0.3) is 22.3 Å². The Morgan fingerprint density at radius 2 is 2.21 bits per heavy atom. The summed E-state index contributed by atoms with van der Waals surface area (Å²) in [5.74, 6) is 0. The Hall–Kier alpha value is -1.68. The fraction of sp³-hybridized carbons (Fsp3) is 0. The van der Waals surface area contributed by atoms with Crippen LogP contribution in [-0.4, -0.2) is 15.2 Å². The first-order valence-electron chi connectivity index (χ1n) is 4.20. The van der Waals surface area contributed by atoms with Crippen molar-refractivity contribution in [1.29, 1.82) is 0 Å². The van der Waals surface area contributed by atoms with Gasteiger partial charge in [-0.05, 0) is 6.07 Å². The molecule has 2 aromatic heterocycles. The van der Waals surface area contributed by atoms with Crippen LogP contribution in [0.2, 0.25) is 0 Å². The summed E-state index contributed by atoms with van der Waals surface area (Å²) >= 11 is 1.46. The molecule has 3 nitrogen and oxygen atoms in total. The Morgan fingerprint density at radius 1 is 1.29 bits per heavy atom. The summed E-state index contributed by atoms with van der Waals surface area (Å²) in [6.07, 6.45) is 0. The zero-order valence-corrected chi connectivity index (χ0v) is 8.01. The van der Waals surface area contributed by atoms with Crippen LogP contribution >= 0.6 is 11.3 Å². The third kappa shape index (κ3) is 1.04. The molecule has 0 saturated heterocycles. The van der Waals surface area contributed by atoms with Crippen LogP contribution in [0.3, 0.4) is 0 Å². The van der Waals surface area contributed by atoms with Crippen molar-refractivity contribution in [3.05, 3.63) is 35.2 Å². The van der Waals surface area contributed by atoms with E-state index in [1.165, 1.54) is 11.3 Å².